The summed E-state index contributed by atoms with van der Waals surface area (Å²) in [6.45, 7) is 8.10. The number of methoxy groups -OCH3 is 1. The zero-order valence-electron chi connectivity index (χ0n) is 12.4. The van der Waals surface area contributed by atoms with E-state index in [-0.39, 0.29) is 11.3 Å². The topological polar surface area (TPSA) is 64.3 Å². The molecule has 0 spiro atoms. The van der Waals surface area contributed by atoms with Gasteiger partial charge in [-0.15, -0.1) is 0 Å². The van der Waals surface area contributed by atoms with E-state index in [1.165, 1.54) is 0 Å². The normalized spacial score (nSPS) is 12.1. The first-order valence-corrected chi connectivity index (χ1v) is 6.38. The van der Waals surface area contributed by atoms with Crippen LogP contribution in [-0.4, -0.2) is 25.1 Å². The van der Waals surface area contributed by atoms with Crippen molar-refractivity contribution in [1.29, 1.82) is 0 Å². The Morgan fingerprint density at radius 1 is 1.21 bits per heavy atom. The van der Waals surface area contributed by atoms with E-state index in [9.17, 15) is 4.79 Å². The first-order chi connectivity index (χ1) is 8.66. The number of nitrogens with one attached hydrogen (secondary N) is 1. The molecule has 0 aliphatic carbocycles. The van der Waals surface area contributed by atoms with Gasteiger partial charge in [0.2, 0.25) is 5.91 Å². The van der Waals surface area contributed by atoms with Crippen molar-refractivity contribution in [3.05, 3.63) is 29.8 Å². The van der Waals surface area contributed by atoms with Gasteiger partial charge in [0.1, 0.15) is 5.75 Å². The highest BCUT2D eigenvalue weighted by molar-refractivity contribution is 5.85. The van der Waals surface area contributed by atoms with Crippen LogP contribution in [0.15, 0.2) is 24.3 Å². The molecule has 4 heteroatoms. The highest BCUT2D eigenvalue weighted by Gasteiger charge is 2.26. The predicted molar refractivity (Wildman–Crippen MR) is 77.3 cm³/mol. The Morgan fingerprint density at radius 2 is 1.74 bits per heavy atom. The van der Waals surface area contributed by atoms with Crippen molar-refractivity contribution in [2.75, 3.05) is 13.7 Å². The van der Waals surface area contributed by atoms with Gasteiger partial charge in [0, 0.05) is 12.0 Å². The van der Waals surface area contributed by atoms with Crippen LogP contribution in [0.1, 0.15) is 33.3 Å². The summed E-state index contributed by atoms with van der Waals surface area (Å²) in [5, 5.41) is 2.89. The number of benzene rings is 1. The Morgan fingerprint density at radius 3 is 2.16 bits per heavy atom. The summed E-state index contributed by atoms with van der Waals surface area (Å²) in [5.41, 5.74) is 5.89. The monoisotopic (exact) mass is 264 g/mol. The van der Waals surface area contributed by atoms with Gasteiger partial charge in [-0.2, -0.15) is 0 Å². The molecule has 0 fully saturated rings. The quantitative estimate of drug-likeness (QED) is 0.852. The molecule has 0 aliphatic rings. The van der Waals surface area contributed by atoms with E-state index >= 15 is 0 Å². The molecule has 0 radical (unpaired) electrons. The molecule has 0 saturated carbocycles. The van der Waals surface area contributed by atoms with Crippen LogP contribution in [0, 0.1) is 0 Å². The number of hydrogen-bond acceptors (Lipinski definition) is 3. The molecule has 19 heavy (non-hydrogen) atoms. The smallest absolute Gasteiger partial charge is 0.239 e. The fraction of sp³-hybridized carbons (Fsp3) is 0.533. The number of carbonyl (C=O) groups is 1. The number of ether oxygens (including phenoxy) is 1. The van der Waals surface area contributed by atoms with Crippen LogP contribution in [0.2, 0.25) is 0 Å². The van der Waals surface area contributed by atoms with E-state index < -0.39 is 5.54 Å². The van der Waals surface area contributed by atoms with Crippen LogP contribution in [0.25, 0.3) is 0 Å². The van der Waals surface area contributed by atoms with Gasteiger partial charge in [-0.25, -0.2) is 0 Å². The second-order valence-corrected chi connectivity index (χ2v) is 6.02. The third-order valence-corrected chi connectivity index (χ3v) is 3.15. The van der Waals surface area contributed by atoms with Crippen LogP contribution < -0.4 is 15.8 Å². The molecule has 4 nitrogen and oxygen atoms in total. The SMILES string of the molecule is COc1ccc(C(C)(C)CNC(=O)C(C)(C)N)cc1. The average molecular weight is 264 g/mol. The molecule has 0 saturated heterocycles. The summed E-state index contributed by atoms with van der Waals surface area (Å²) in [7, 11) is 1.64. The van der Waals surface area contributed by atoms with E-state index in [0.29, 0.717) is 6.54 Å². The summed E-state index contributed by atoms with van der Waals surface area (Å²) in [6.07, 6.45) is 0. The Hall–Kier alpha value is -1.55. The number of carbonyl (C=O) groups excluding carboxylic acids is 1. The lowest BCUT2D eigenvalue weighted by atomic mass is 9.84. The molecule has 1 amide bonds. The van der Waals surface area contributed by atoms with Crippen molar-refractivity contribution >= 4 is 5.91 Å². The standard InChI is InChI=1S/C15H24N2O2/c1-14(2,10-17-13(18)15(3,4)16)11-6-8-12(19-5)9-7-11/h6-9H,10,16H2,1-5H3,(H,17,18). The summed E-state index contributed by atoms with van der Waals surface area (Å²) >= 11 is 0. The van der Waals surface area contributed by atoms with Gasteiger partial charge in [0.05, 0.1) is 12.6 Å². The second-order valence-electron chi connectivity index (χ2n) is 6.02. The minimum atomic E-state index is -0.851. The second kappa shape index (κ2) is 5.61. The Balaban J connectivity index is 2.72. The van der Waals surface area contributed by atoms with Crippen molar-refractivity contribution in [3.8, 4) is 5.75 Å². The van der Waals surface area contributed by atoms with Gasteiger partial charge in [0.25, 0.3) is 0 Å². The molecular formula is C15H24N2O2. The zero-order valence-corrected chi connectivity index (χ0v) is 12.4. The van der Waals surface area contributed by atoms with Crippen molar-refractivity contribution in [3.63, 3.8) is 0 Å². The number of rotatable bonds is 5. The van der Waals surface area contributed by atoms with Gasteiger partial charge in [-0.3, -0.25) is 4.79 Å². The first-order valence-electron chi connectivity index (χ1n) is 6.38. The van der Waals surface area contributed by atoms with Crippen molar-refractivity contribution in [2.45, 2.75) is 38.6 Å². The summed E-state index contributed by atoms with van der Waals surface area (Å²) < 4.78 is 5.14. The number of amides is 1. The van der Waals surface area contributed by atoms with Gasteiger partial charge in [-0.1, -0.05) is 26.0 Å². The molecule has 0 bridgehead atoms. The zero-order chi connectivity index (χ0) is 14.7. The maximum atomic E-state index is 11.8. The van der Waals surface area contributed by atoms with E-state index in [1.807, 2.05) is 24.3 Å². The molecule has 0 atom stereocenters. The molecule has 1 aromatic carbocycles. The van der Waals surface area contributed by atoms with Gasteiger partial charge >= 0.3 is 0 Å². The minimum Gasteiger partial charge on any atom is -0.497 e. The lowest BCUT2D eigenvalue weighted by Gasteiger charge is -2.28. The number of nitrogens with two attached hydrogens (primary N) is 1. The van der Waals surface area contributed by atoms with Crippen LogP contribution in [0.5, 0.6) is 5.75 Å². The van der Waals surface area contributed by atoms with Crippen molar-refractivity contribution in [1.82, 2.24) is 5.32 Å². The van der Waals surface area contributed by atoms with E-state index in [1.54, 1.807) is 21.0 Å². The van der Waals surface area contributed by atoms with E-state index in [0.717, 1.165) is 11.3 Å². The van der Waals surface area contributed by atoms with Crippen molar-refractivity contribution < 1.29 is 9.53 Å². The molecule has 1 aromatic rings. The lowest BCUT2D eigenvalue weighted by Crippen LogP contribution is -2.51. The van der Waals surface area contributed by atoms with Crippen LogP contribution >= 0.6 is 0 Å². The summed E-state index contributed by atoms with van der Waals surface area (Å²) in [5.74, 6) is 0.681. The van der Waals surface area contributed by atoms with Crippen LogP contribution in [-0.2, 0) is 10.2 Å². The molecule has 106 valence electrons. The maximum Gasteiger partial charge on any atom is 0.239 e. The van der Waals surface area contributed by atoms with Gasteiger partial charge < -0.3 is 15.8 Å². The molecule has 1 rings (SSSR count). The molecular weight excluding hydrogens is 240 g/mol. The summed E-state index contributed by atoms with van der Waals surface area (Å²) in [4.78, 5) is 11.8. The maximum absolute atomic E-state index is 11.8. The lowest BCUT2D eigenvalue weighted by molar-refractivity contribution is -0.125. The number of hydrogen-bond donors (Lipinski definition) is 2. The largest absolute Gasteiger partial charge is 0.497 e. The fourth-order valence-corrected chi connectivity index (χ4v) is 1.67. The van der Waals surface area contributed by atoms with Crippen LogP contribution in [0.4, 0.5) is 0 Å². The van der Waals surface area contributed by atoms with E-state index in [2.05, 4.69) is 19.2 Å². The predicted octanol–water partition coefficient (Wildman–Crippen LogP) is 1.83. The minimum absolute atomic E-state index is 0.144. The fourth-order valence-electron chi connectivity index (χ4n) is 1.67. The van der Waals surface area contributed by atoms with E-state index in [4.69, 9.17) is 10.5 Å². The van der Waals surface area contributed by atoms with Gasteiger partial charge in [0.15, 0.2) is 0 Å². The summed E-state index contributed by atoms with van der Waals surface area (Å²) in [6, 6.07) is 7.87. The van der Waals surface area contributed by atoms with Crippen LogP contribution in [0.3, 0.4) is 0 Å². The third-order valence-electron chi connectivity index (χ3n) is 3.15. The molecule has 0 heterocycles. The Bertz CT molecular complexity index is 430. The highest BCUT2D eigenvalue weighted by atomic mass is 16.5. The Labute approximate surface area is 115 Å². The average Bonchev–Trinajstić information content (AvgIpc) is 2.35. The van der Waals surface area contributed by atoms with Crippen molar-refractivity contribution in [2.24, 2.45) is 5.73 Å². The third kappa shape index (κ3) is 4.24. The first kappa shape index (κ1) is 15.5. The molecule has 0 aliphatic heterocycles. The Kier molecular flexibility index (Phi) is 4.58. The van der Waals surface area contributed by atoms with Gasteiger partial charge in [-0.05, 0) is 31.5 Å². The molecule has 0 unspecified atom stereocenters. The highest BCUT2D eigenvalue weighted by Crippen LogP contribution is 2.24. The molecule has 0 aromatic heterocycles. The molecule has 3 N–H and O–H groups in total.